The lowest BCUT2D eigenvalue weighted by Gasteiger charge is -2.15. The summed E-state index contributed by atoms with van der Waals surface area (Å²) < 4.78 is 0. The second-order valence-corrected chi connectivity index (χ2v) is 8.30. The zero-order chi connectivity index (χ0) is 15.1. The summed E-state index contributed by atoms with van der Waals surface area (Å²) in [5.74, 6) is 0.598. The molecule has 2 aliphatic rings. The van der Waals surface area contributed by atoms with Crippen LogP contribution in [0.25, 0.3) is 5.57 Å². The van der Waals surface area contributed by atoms with Gasteiger partial charge in [-0.15, -0.1) is 0 Å². The molecule has 4 rings (SSSR count). The fourth-order valence-electron chi connectivity index (χ4n) is 4.19. The average molecular weight is 305 g/mol. The maximum Gasteiger partial charge on any atom is 0.0171 e. The Morgan fingerprint density at radius 3 is 2.59 bits per heavy atom. The van der Waals surface area contributed by atoms with Crippen LogP contribution in [-0.2, 0) is 12.8 Å². The van der Waals surface area contributed by atoms with Crippen LogP contribution in [0.4, 0.5) is 0 Å². The van der Waals surface area contributed by atoms with E-state index in [9.17, 15) is 0 Å². The Hall–Kier alpha value is -1.60. The molecule has 0 nitrogen and oxygen atoms in total. The molecule has 0 amide bonds. The average Bonchev–Trinajstić information content (AvgIpc) is 3.11. The minimum absolute atomic E-state index is 0.598. The van der Waals surface area contributed by atoms with Crippen molar-refractivity contribution in [2.24, 2.45) is 0 Å². The first-order chi connectivity index (χ1) is 10.7. The van der Waals surface area contributed by atoms with Crippen LogP contribution >= 0.6 is 0 Å². The molecule has 0 saturated heterocycles. The van der Waals surface area contributed by atoms with Crippen molar-refractivity contribution in [1.82, 2.24) is 0 Å². The van der Waals surface area contributed by atoms with Gasteiger partial charge in [-0.25, -0.2) is 0 Å². The van der Waals surface area contributed by atoms with Crippen LogP contribution in [0.1, 0.15) is 59.0 Å². The van der Waals surface area contributed by atoms with Crippen molar-refractivity contribution < 1.29 is 0 Å². The molecule has 0 heterocycles. The van der Waals surface area contributed by atoms with Crippen molar-refractivity contribution in [3.63, 3.8) is 0 Å². The Bertz CT molecular complexity index is 727. The van der Waals surface area contributed by atoms with Gasteiger partial charge in [0.15, 0.2) is 0 Å². The topological polar surface area (TPSA) is 0 Å². The van der Waals surface area contributed by atoms with E-state index in [4.69, 9.17) is 0 Å². The summed E-state index contributed by atoms with van der Waals surface area (Å²) in [5, 5.41) is 0. The van der Waals surface area contributed by atoms with Crippen LogP contribution < -0.4 is 0 Å². The van der Waals surface area contributed by atoms with Crippen LogP contribution in [0.5, 0.6) is 0 Å². The Morgan fingerprint density at radius 1 is 1.09 bits per heavy atom. The van der Waals surface area contributed by atoms with Crippen molar-refractivity contribution in [3.8, 4) is 0 Å². The van der Waals surface area contributed by atoms with Crippen LogP contribution in [-0.4, -0.2) is 10.2 Å². The molecule has 0 N–H and O–H groups in total. The molecule has 1 heteroatoms. The second kappa shape index (κ2) is 5.55. The van der Waals surface area contributed by atoms with Gasteiger partial charge in [-0.2, -0.15) is 0 Å². The molecule has 2 aromatic rings. The van der Waals surface area contributed by atoms with Gasteiger partial charge in [-0.05, 0) is 70.5 Å². The summed E-state index contributed by atoms with van der Waals surface area (Å²) in [4.78, 5) is 0. The summed E-state index contributed by atoms with van der Waals surface area (Å²) >= 11 is 0. The van der Waals surface area contributed by atoms with E-state index in [0.717, 1.165) is 5.54 Å². The van der Waals surface area contributed by atoms with Gasteiger partial charge in [0.25, 0.3) is 0 Å². The van der Waals surface area contributed by atoms with E-state index < -0.39 is 0 Å². The molecular formula is C21H24Si. The van der Waals surface area contributed by atoms with Gasteiger partial charge < -0.3 is 0 Å². The summed E-state index contributed by atoms with van der Waals surface area (Å²) in [6.45, 7) is 2.36. The van der Waals surface area contributed by atoms with Gasteiger partial charge in [-0.3, -0.25) is 0 Å². The predicted octanol–water partition coefficient (Wildman–Crippen LogP) is 4.17. The minimum Gasteiger partial charge on any atom is -0.0769 e. The first-order valence-electron chi connectivity index (χ1n) is 8.64. The molecule has 0 radical (unpaired) electrons. The predicted molar refractivity (Wildman–Crippen MR) is 98.6 cm³/mol. The highest BCUT2D eigenvalue weighted by Gasteiger charge is 2.24. The van der Waals surface area contributed by atoms with Crippen molar-refractivity contribution in [2.75, 3.05) is 0 Å². The third kappa shape index (κ3) is 2.38. The number of aryl methyl sites for hydroxylation is 2. The molecule has 0 aromatic heterocycles. The molecule has 2 unspecified atom stereocenters. The van der Waals surface area contributed by atoms with Gasteiger partial charge in [0, 0.05) is 10.2 Å². The van der Waals surface area contributed by atoms with E-state index in [-0.39, 0.29) is 0 Å². The molecule has 112 valence electrons. The molecular weight excluding hydrogens is 280 g/mol. The van der Waals surface area contributed by atoms with Crippen molar-refractivity contribution in [2.45, 2.75) is 44.1 Å². The fraction of sp³-hybridized carbons (Fsp3) is 0.333. The highest BCUT2D eigenvalue weighted by Crippen LogP contribution is 2.42. The molecule has 0 spiro atoms. The summed E-state index contributed by atoms with van der Waals surface area (Å²) in [7, 11) is 1.23. The van der Waals surface area contributed by atoms with Crippen molar-refractivity contribution in [3.05, 3.63) is 76.4 Å². The first-order valence-corrected chi connectivity index (χ1v) is 9.79. The molecule has 0 aliphatic heterocycles. The SMILES string of the molecule is CC(CC1=CC([SiH3])c2cc3c(cc21)CCC3)c1ccccc1. The van der Waals surface area contributed by atoms with Crippen LogP contribution in [0, 0.1) is 0 Å². The number of benzene rings is 2. The third-order valence-corrected chi connectivity index (χ3v) is 6.40. The smallest absolute Gasteiger partial charge is 0.0171 e. The highest BCUT2D eigenvalue weighted by molar-refractivity contribution is 6.16. The zero-order valence-electron chi connectivity index (χ0n) is 13.6. The molecule has 2 aromatic carbocycles. The second-order valence-electron chi connectivity index (χ2n) is 7.06. The monoisotopic (exact) mass is 304 g/mol. The fourth-order valence-corrected chi connectivity index (χ4v) is 5.07. The van der Waals surface area contributed by atoms with Gasteiger partial charge >= 0.3 is 0 Å². The van der Waals surface area contributed by atoms with Gasteiger partial charge in [0.2, 0.25) is 0 Å². The molecule has 2 atom stereocenters. The van der Waals surface area contributed by atoms with Crippen LogP contribution in [0.3, 0.4) is 0 Å². The first kappa shape index (κ1) is 14.0. The van der Waals surface area contributed by atoms with Crippen LogP contribution in [0.15, 0.2) is 48.5 Å². The Morgan fingerprint density at radius 2 is 1.82 bits per heavy atom. The van der Waals surface area contributed by atoms with Crippen molar-refractivity contribution in [1.29, 1.82) is 0 Å². The maximum atomic E-state index is 2.56. The third-order valence-electron chi connectivity index (χ3n) is 5.45. The molecule has 2 aliphatic carbocycles. The molecule has 0 saturated carbocycles. The van der Waals surface area contributed by atoms with E-state index >= 15 is 0 Å². The summed E-state index contributed by atoms with van der Waals surface area (Å²) in [6.07, 6.45) is 7.67. The Labute approximate surface area is 136 Å². The number of fused-ring (bicyclic) bond motifs is 2. The lowest BCUT2D eigenvalue weighted by Crippen LogP contribution is -1.97. The zero-order valence-corrected chi connectivity index (χ0v) is 15.6. The molecule has 22 heavy (non-hydrogen) atoms. The molecule has 0 fully saturated rings. The van der Waals surface area contributed by atoms with E-state index in [0.29, 0.717) is 5.92 Å². The van der Waals surface area contributed by atoms with Gasteiger partial charge in [0.05, 0.1) is 0 Å². The van der Waals surface area contributed by atoms with E-state index in [1.54, 1.807) is 27.8 Å². The van der Waals surface area contributed by atoms with E-state index in [1.165, 1.54) is 41.5 Å². The van der Waals surface area contributed by atoms with Crippen LogP contribution in [0.2, 0.25) is 0 Å². The maximum absolute atomic E-state index is 2.56. The largest absolute Gasteiger partial charge is 0.0769 e. The normalized spacial score (nSPS) is 20.6. The number of allylic oxidation sites excluding steroid dienone is 2. The summed E-state index contributed by atoms with van der Waals surface area (Å²) in [6, 6.07) is 16.0. The Kier molecular flexibility index (Phi) is 3.54. The van der Waals surface area contributed by atoms with E-state index in [2.05, 4.69) is 55.5 Å². The number of hydrogen-bond acceptors (Lipinski definition) is 0. The quantitative estimate of drug-likeness (QED) is 0.747. The highest BCUT2D eigenvalue weighted by atomic mass is 28.1. The lowest BCUT2D eigenvalue weighted by atomic mass is 9.90. The summed E-state index contributed by atoms with van der Waals surface area (Å²) in [5.41, 5.74) is 10.2. The standard InChI is InChI=1S/C21H24Si/c1-14(15-6-3-2-4-7-15)10-18-13-21(22)20-12-17-9-5-8-16(17)11-19(18)20/h2-4,6-7,11-14,21H,5,8-10H2,1,22H3. The Balaban J connectivity index is 1.64. The van der Waals surface area contributed by atoms with Gasteiger partial charge in [0.1, 0.15) is 0 Å². The molecule has 0 bridgehead atoms. The van der Waals surface area contributed by atoms with Gasteiger partial charge in [-0.1, -0.05) is 55.5 Å². The van der Waals surface area contributed by atoms with E-state index in [1.807, 2.05) is 0 Å². The minimum atomic E-state index is 0.598. The number of hydrogen-bond donors (Lipinski definition) is 0. The van der Waals surface area contributed by atoms with Crippen molar-refractivity contribution >= 4 is 15.8 Å². The number of rotatable bonds is 3. The lowest BCUT2D eigenvalue weighted by molar-refractivity contribution is 0.792.